The van der Waals surface area contributed by atoms with Crippen LogP contribution in [0.15, 0.2) is 53.0 Å². The number of ether oxygens (including phenoxy) is 1. The van der Waals surface area contributed by atoms with Crippen LogP contribution in [-0.4, -0.2) is 18.8 Å². The number of hydrogen-bond acceptors (Lipinski definition) is 3. The first kappa shape index (κ1) is 17.0. The fraction of sp³-hybridized carbons (Fsp3) is 0.111. The molecule has 0 atom stereocenters. The number of carbonyl (C=O) groups is 2. The summed E-state index contributed by atoms with van der Waals surface area (Å²) in [5, 5.41) is 2.66. The van der Waals surface area contributed by atoms with Crippen molar-refractivity contribution in [3.8, 4) is 5.75 Å². The molecule has 2 rings (SSSR count). The number of carbonyl (C=O) groups excluding carboxylic acids is 2. The van der Waals surface area contributed by atoms with Gasteiger partial charge in [-0.3, -0.25) is 9.59 Å². The van der Waals surface area contributed by atoms with Crippen LogP contribution in [0.3, 0.4) is 0 Å². The quantitative estimate of drug-likeness (QED) is 0.627. The Balaban J connectivity index is 2.22. The molecule has 2 aromatic rings. The predicted octanol–water partition coefficient (Wildman–Crippen LogP) is 4.31. The van der Waals surface area contributed by atoms with Crippen molar-refractivity contribution in [1.82, 2.24) is 0 Å². The average molecular weight is 374 g/mol. The van der Waals surface area contributed by atoms with Crippen molar-refractivity contribution in [3.63, 3.8) is 0 Å². The van der Waals surface area contributed by atoms with E-state index >= 15 is 0 Å². The van der Waals surface area contributed by atoms with Crippen LogP contribution >= 0.6 is 15.9 Å². The highest BCUT2D eigenvalue weighted by atomic mass is 79.9. The van der Waals surface area contributed by atoms with E-state index < -0.39 is 0 Å². The van der Waals surface area contributed by atoms with Gasteiger partial charge >= 0.3 is 0 Å². The van der Waals surface area contributed by atoms with Crippen LogP contribution in [0, 0.1) is 0 Å². The Kier molecular flexibility index (Phi) is 5.71. The Morgan fingerprint density at radius 2 is 1.96 bits per heavy atom. The molecule has 0 unspecified atom stereocenters. The Bertz CT molecular complexity index is 769. The molecular weight excluding hydrogens is 358 g/mol. The van der Waals surface area contributed by atoms with E-state index in [-0.39, 0.29) is 11.7 Å². The first-order chi connectivity index (χ1) is 11.0. The Labute approximate surface area is 143 Å². The number of nitrogens with one attached hydrogen (secondary N) is 1. The van der Waals surface area contributed by atoms with E-state index in [0.717, 1.165) is 10.0 Å². The van der Waals surface area contributed by atoms with Crippen molar-refractivity contribution in [2.45, 2.75) is 6.92 Å². The van der Waals surface area contributed by atoms with Crippen molar-refractivity contribution in [2.24, 2.45) is 0 Å². The molecular formula is C18H16BrNO3. The molecule has 0 aromatic heterocycles. The molecule has 23 heavy (non-hydrogen) atoms. The van der Waals surface area contributed by atoms with E-state index in [1.165, 1.54) is 13.0 Å². The lowest BCUT2D eigenvalue weighted by Crippen LogP contribution is -2.06. The molecule has 0 saturated heterocycles. The second kappa shape index (κ2) is 7.74. The zero-order valence-electron chi connectivity index (χ0n) is 12.8. The summed E-state index contributed by atoms with van der Waals surface area (Å²) >= 11 is 3.40. The zero-order chi connectivity index (χ0) is 16.8. The summed E-state index contributed by atoms with van der Waals surface area (Å²) in [6.07, 6.45) is 3.19. The maximum Gasteiger partial charge on any atom is 0.221 e. The summed E-state index contributed by atoms with van der Waals surface area (Å²) in [6, 6.07) is 12.4. The monoisotopic (exact) mass is 373 g/mol. The lowest BCUT2D eigenvalue weighted by Gasteiger charge is -2.05. The first-order valence-electron chi connectivity index (χ1n) is 6.93. The maximum atomic E-state index is 12.3. The van der Waals surface area contributed by atoms with Gasteiger partial charge in [-0.25, -0.2) is 0 Å². The summed E-state index contributed by atoms with van der Waals surface area (Å²) in [7, 11) is 1.58. The number of hydrogen-bond donors (Lipinski definition) is 1. The van der Waals surface area contributed by atoms with E-state index in [1.54, 1.807) is 37.5 Å². The van der Waals surface area contributed by atoms with Gasteiger partial charge in [0.2, 0.25) is 5.91 Å². The summed E-state index contributed by atoms with van der Waals surface area (Å²) in [5.74, 6) is 0.354. The molecule has 0 radical (unpaired) electrons. The van der Waals surface area contributed by atoms with Gasteiger partial charge in [0.25, 0.3) is 0 Å². The fourth-order valence-corrected chi connectivity index (χ4v) is 2.43. The molecule has 0 aliphatic carbocycles. The van der Waals surface area contributed by atoms with E-state index in [0.29, 0.717) is 17.0 Å². The van der Waals surface area contributed by atoms with Gasteiger partial charge in [0.15, 0.2) is 5.78 Å². The Hall–Kier alpha value is -2.40. The van der Waals surface area contributed by atoms with Gasteiger partial charge in [0.05, 0.1) is 7.11 Å². The van der Waals surface area contributed by atoms with Crippen LogP contribution in [0.25, 0.3) is 6.08 Å². The topological polar surface area (TPSA) is 55.4 Å². The zero-order valence-corrected chi connectivity index (χ0v) is 14.4. The molecule has 0 aliphatic rings. The minimum absolute atomic E-state index is 0.153. The maximum absolute atomic E-state index is 12.3. The second-order valence-corrected chi connectivity index (χ2v) is 5.76. The van der Waals surface area contributed by atoms with Gasteiger partial charge in [-0.1, -0.05) is 28.1 Å². The van der Waals surface area contributed by atoms with Gasteiger partial charge in [-0.05, 0) is 42.5 Å². The average Bonchev–Trinajstić information content (AvgIpc) is 2.52. The minimum Gasteiger partial charge on any atom is -0.496 e. The third-order valence-electron chi connectivity index (χ3n) is 3.07. The normalized spacial score (nSPS) is 10.6. The highest BCUT2D eigenvalue weighted by Crippen LogP contribution is 2.24. The lowest BCUT2D eigenvalue weighted by molar-refractivity contribution is -0.114. The Morgan fingerprint density at radius 3 is 2.65 bits per heavy atom. The lowest BCUT2D eigenvalue weighted by atomic mass is 10.1. The van der Waals surface area contributed by atoms with Crippen LogP contribution in [0.1, 0.15) is 22.8 Å². The third-order valence-corrected chi connectivity index (χ3v) is 3.57. The summed E-state index contributed by atoms with van der Waals surface area (Å²) in [6.45, 7) is 1.42. The smallest absolute Gasteiger partial charge is 0.221 e. The highest BCUT2D eigenvalue weighted by molar-refractivity contribution is 9.10. The van der Waals surface area contributed by atoms with Crippen LogP contribution in [0.2, 0.25) is 0 Å². The number of allylic oxidation sites excluding steroid dienone is 1. The van der Waals surface area contributed by atoms with E-state index in [4.69, 9.17) is 4.74 Å². The van der Waals surface area contributed by atoms with Crippen molar-refractivity contribution >= 4 is 39.4 Å². The number of rotatable bonds is 5. The molecule has 0 heterocycles. The van der Waals surface area contributed by atoms with Crippen molar-refractivity contribution < 1.29 is 14.3 Å². The molecule has 0 spiro atoms. The largest absolute Gasteiger partial charge is 0.496 e. The molecule has 5 heteroatoms. The van der Waals surface area contributed by atoms with Crippen molar-refractivity contribution in [2.75, 3.05) is 12.4 Å². The number of amides is 1. The summed E-state index contributed by atoms with van der Waals surface area (Å²) in [4.78, 5) is 23.4. The van der Waals surface area contributed by atoms with Crippen LogP contribution in [0.4, 0.5) is 5.69 Å². The third kappa shape index (κ3) is 4.79. The van der Waals surface area contributed by atoms with E-state index in [9.17, 15) is 9.59 Å². The molecule has 118 valence electrons. The molecule has 0 aliphatic heterocycles. The summed E-state index contributed by atoms with van der Waals surface area (Å²) < 4.78 is 6.17. The van der Waals surface area contributed by atoms with E-state index in [1.807, 2.05) is 18.2 Å². The second-order valence-electron chi connectivity index (χ2n) is 4.85. The number of ketones is 1. The number of methoxy groups -OCH3 is 1. The molecule has 0 bridgehead atoms. The van der Waals surface area contributed by atoms with Crippen LogP contribution in [-0.2, 0) is 4.79 Å². The SMILES string of the molecule is COc1ccc(Br)cc1C=CC(=O)c1cccc(NC(C)=O)c1. The van der Waals surface area contributed by atoms with Gasteiger partial charge in [0, 0.05) is 28.2 Å². The molecule has 4 nitrogen and oxygen atoms in total. The first-order valence-corrected chi connectivity index (χ1v) is 7.72. The van der Waals surface area contributed by atoms with Crippen LogP contribution < -0.4 is 10.1 Å². The van der Waals surface area contributed by atoms with E-state index in [2.05, 4.69) is 21.2 Å². The van der Waals surface area contributed by atoms with Gasteiger partial charge in [-0.2, -0.15) is 0 Å². The minimum atomic E-state index is -0.177. The number of anilines is 1. The fourth-order valence-electron chi connectivity index (χ4n) is 2.05. The molecule has 2 aromatic carbocycles. The molecule has 1 N–H and O–H groups in total. The highest BCUT2D eigenvalue weighted by Gasteiger charge is 2.05. The Morgan fingerprint density at radius 1 is 1.17 bits per heavy atom. The van der Waals surface area contributed by atoms with Gasteiger partial charge in [-0.15, -0.1) is 0 Å². The predicted molar refractivity (Wildman–Crippen MR) is 94.8 cm³/mol. The van der Waals surface area contributed by atoms with Crippen molar-refractivity contribution in [3.05, 3.63) is 64.1 Å². The van der Waals surface area contributed by atoms with Crippen LogP contribution in [0.5, 0.6) is 5.75 Å². The molecule has 0 saturated carbocycles. The summed E-state index contributed by atoms with van der Waals surface area (Å²) in [5.41, 5.74) is 1.89. The number of benzene rings is 2. The van der Waals surface area contributed by atoms with Crippen molar-refractivity contribution in [1.29, 1.82) is 0 Å². The molecule has 1 amide bonds. The number of halogens is 1. The van der Waals surface area contributed by atoms with Gasteiger partial charge in [0.1, 0.15) is 5.75 Å². The van der Waals surface area contributed by atoms with Gasteiger partial charge < -0.3 is 10.1 Å². The standard InChI is InChI=1S/C18H16BrNO3/c1-12(21)20-16-5-3-4-13(11-16)17(22)8-6-14-10-15(19)7-9-18(14)23-2/h3-11H,1-2H3,(H,20,21). The molecule has 0 fully saturated rings.